The molecule has 42 heavy (non-hydrogen) atoms. The number of fused-ring (bicyclic) bond motifs is 1. The molecule has 0 amide bonds. The van der Waals surface area contributed by atoms with Crippen molar-refractivity contribution in [2.24, 2.45) is 0 Å². The van der Waals surface area contributed by atoms with E-state index in [1.165, 1.54) is 59.2 Å². The third kappa shape index (κ3) is 6.27. The second-order valence-electron chi connectivity index (χ2n) is 9.33. The Balaban J connectivity index is 1.39. The van der Waals surface area contributed by atoms with E-state index >= 15 is 0 Å². The maximum Gasteiger partial charge on any atom is 0.387 e. The van der Waals surface area contributed by atoms with Crippen molar-refractivity contribution in [2.75, 3.05) is 17.6 Å². The Labute approximate surface area is 235 Å². The number of ether oxygens (including phenoxy) is 1. The molecule has 0 aliphatic heterocycles. The quantitative estimate of drug-likeness (QED) is 0.179. The van der Waals surface area contributed by atoms with Crippen LogP contribution in [0.2, 0.25) is 0 Å². The smallest absolute Gasteiger partial charge is 0.387 e. The molecule has 0 bridgehead atoms. The summed E-state index contributed by atoms with van der Waals surface area (Å²) in [7, 11) is 0. The van der Waals surface area contributed by atoms with Crippen molar-refractivity contribution >= 4 is 22.9 Å². The number of anilines is 2. The number of hydrogen-bond donors (Lipinski definition) is 2. The summed E-state index contributed by atoms with van der Waals surface area (Å²) in [5.41, 5.74) is 6.24. The van der Waals surface area contributed by atoms with Crippen molar-refractivity contribution in [3.05, 3.63) is 110 Å². The van der Waals surface area contributed by atoms with Gasteiger partial charge < -0.3 is 20.4 Å². The average molecular weight is 584 g/mol. The van der Waals surface area contributed by atoms with Gasteiger partial charge in [-0.05, 0) is 53.9 Å². The summed E-state index contributed by atoms with van der Waals surface area (Å²) in [6.45, 7) is -2.57. The van der Waals surface area contributed by atoms with Gasteiger partial charge >= 0.3 is 18.0 Å². The maximum absolute atomic E-state index is 14.1. The summed E-state index contributed by atoms with van der Waals surface area (Å²) in [5, 5.41) is 3.01. The summed E-state index contributed by atoms with van der Waals surface area (Å²) in [5.74, 6) is -0.865. The lowest BCUT2D eigenvalue weighted by Gasteiger charge is -2.16. The maximum atomic E-state index is 14.1. The van der Waals surface area contributed by atoms with Crippen LogP contribution in [0.25, 0.3) is 11.0 Å². The average Bonchev–Trinajstić information content (AvgIpc) is 3.28. The number of benzene rings is 3. The molecule has 0 radical (unpaired) electrons. The van der Waals surface area contributed by atoms with E-state index in [1.54, 1.807) is 16.7 Å². The second kappa shape index (κ2) is 12.2. The van der Waals surface area contributed by atoms with Gasteiger partial charge in [-0.2, -0.15) is 13.8 Å². The number of halogens is 4. The number of nitrogen functional groups attached to an aromatic ring is 1. The number of hydrogen-bond acceptors (Lipinski definition) is 7. The highest BCUT2D eigenvalue weighted by Crippen LogP contribution is 2.21. The van der Waals surface area contributed by atoms with E-state index in [4.69, 9.17) is 5.73 Å². The molecule has 14 heteroatoms. The number of aryl methyl sites for hydroxylation is 1. The number of alkyl halides is 2. The third-order valence-electron chi connectivity index (χ3n) is 6.49. The first-order valence-electron chi connectivity index (χ1n) is 12.8. The van der Waals surface area contributed by atoms with Crippen LogP contribution < -0.4 is 27.2 Å². The van der Waals surface area contributed by atoms with Gasteiger partial charge in [0.25, 0.3) is 0 Å². The highest BCUT2D eigenvalue weighted by molar-refractivity contribution is 5.78. The number of rotatable bonds is 11. The molecule has 10 nitrogen and oxygen atoms in total. The van der Waals surface area contributed by atoms with Crippen LogP contribution >= 0.6 is 0 Å². The first kappa shape index (κ1) is 28.4. The Kier molecular flexibility index (Phi) is 8.22. The van der Waals surface area contributed by atoms with E-state index in [0.717, 1.165) is 4.57 Å². The van der Waals surface area contributed by atoms with Gasteiger partial charge in [-0.25, -0.2) is 27.9 Å². The molecule has 0 atom stereocenters. The number of imidazole rings is 1. The Morgan fingerprint density at radius 1 is 0.857 bits per heavy atom. The van der Waals surface area contributed by atoms with Crippen LogP contribution in [0.15, 0.2) is 76.3 Å². The monoisotopic (exact) mass is 583 g/mol. The van der Waals surface area contributed by atoms with Crippen molar-refractivity contribution < 1.29 is 22.3 Å². The largest absolute Gasteiger partial charge is 0.435 e. The van der Waals surface area contributed by atoms with Crippen LogP contribution in [0.5, 0.6) is 5.75 Å². The van der Waals surface area contributed by atoms with Gasteiger partial charge in [0, 0.05) is 13.1 Å². The number of aromatic nitrogens is 5. The number of nitrogens with one attached hydrogen (secondary N) is 1. The molecule has 0 aliphatic rings. The Morgan fingerprint density at radius 3 is 2.21 bits per heavy atom. The Morgan fingerprint density at radius 2 is 1.52 bits per heavy atom. The summed E-state index contributed by atoms with van der Waals surface area (Å²) in [6, 6.07) is 15.6. The minimum absolute atomic E-state index is 0.0113. The van der Waals surface area contributed by atoms with E-state index in [9.17, 15) is 27.2 Å². The zero-order valence-corrected chi connectivity index (χ0v) is 22.0. The lowest BCUT2D eigenvalue weighted by molar-refractivity contribution is -0.0498. The molecule has 5 aromatic rings. The zero-order chi connectivity index (χ0) is 29.8. The standard InChI is InChI=1S/C28H25F4N7O3/c29-19-9-5-17(6-10-19)16-39-27(40)36-26(38(28(39)41)15-18-7-11-20(12-8-18)42-24(31)32)34-13-2-14-37-22-4-1-3-21(30)23(22)35-25(37)33/h1,3-12,24H,2,13-16H2,(H2,33,35)(H,34,36,40). The molecular formula is C28H25F4N7O3. The van der Waals surface area contributed by atoms with Crippen molar-refractivity contribution in [3.8, 4) is 5.75 Å². The van der Waals surface area contributed by atoms with E-state index in [1.807, 2.05) is 0 Å². The van der Waals surface area contributed by atoms with Gasteiger partial charge in [0.05, 0.1) is 18.6 Å². The lowest BCUT2D eigenvalue weighted by atomic mass is 10.2. The van der Waals surface area contributed by atoms with Crippen LogP contribution in [0.4, 0.5) is 29.5 Å². The van der Waals surface area contributed by atoms with Gasteiger partial charge in [-0.3, -0.25) is 4.57 Å². The Hall–Kier alpha value is -5.14. The first-order chi connectivity index (χ1) is 20.2. The second-order valence-corrected chi connectivity index (χ2v) is 9.33. The third-order valence-corrected chi connectivity index (χ3v) is 6.49. The minimum Gasteiger partial charge on any atom is -0.435 e. The van der Waals surface area contributed by atoms with Crippen LogP contribution in [0, 0.1) is 11.6 Å². The van der Waals surface area contributed by atoms with E-state index in [-0.39, 0.29) is 42.8 Å². The molecule has 3 N–H and O–H groups in total. The molecular weight excluding hydrogens is 558 g/mol. The molecule has 0 fully saturated rings. The van der Waals surface area contributed by atoms with Crippen LogP contribution in [-0.4, -0.2) is 36.8 Å². The molecule has 0 aliphatic carbocycles. The molecule has 0 spiro atoms. The highest BCUT2D eigenvalue weighted by Gasteiger charge is 2.16. The minimum atomic E-state index is -2.98. The van der Waals surface area contributed by atoms with Gasteiger partial charge in [-0.1, -0.05) is 30.3 Å². The predicted octanol–water partition coefficient (Wildman–Crippen LogP) is 3.82. The summed E-state index contributed by atoms with van der Waals surface area (Å²) < 4.78 is 60.7. The fourth-order valence-corrected chi connectivity index (χ4v) is 4.48. The first-order valence-corrected chi connectivity index (χ1v) is 12.8. The predicted molar refractivity (Wildman–Crippen MR) is 148 cm³/mol. The van der Waals surface area contributed by atoms with Gasteiger partial charge in [-0.15, -0.1) is 0 Å². The zero-order valence-electron chi connectivity index (χ0n) is 22.0. The van der Waals surface area contributed by atoms with Crippen molar-refractivity contribution in [3.63, 3.8) is 0 Å². The molecule has 0 saturated heterocycles. The van der Waals surface area contributed by atoms with Gasteiger partial charge in [0.2, 0.25) is 11.9 Å². The fraction of sp³-hybridized carbons (Fsp3) is 0.214. The molecule has 2 aromatic heterocycles. The van der Waals surface area contributed by atoms with Crippen LogP contribution in [0.3, 0.4) is 0 Å². The van der Waals surface area contributed by atoms with Crippen molar-refractivity contribution in [1.82, 2.24) is 23.7 Å². The topological polar surface area (TPSA) is 122 Å². The van der Waals surface area contributed by atoms with E-state index in [0.29, 0.717) is 29.6 Å². The SMILES string of the molecule is Nc1nc2c(F)cccc2n1CCCNc1nc(=O)n(Cc2ccc(F)cc2)c(=O)n1Cc1ccc(OC(F)F)cc1. The van der Waals surface area contributed by atoms with E-state index in [2.05, 4.69) is 20.0 Å². The molecule has 0 unspecified atom stereocenters. The normalized spacial score (nSPS) is 11.4. The molecule has 2 heterocycles. The van der Waals surface area contributed by atoms with Crippen molar-refractivity contribution in [2.45, 2.75) is 32.7 Å². The van der Waals surface area contributed by atoms with Crippen LogP contribution in [0.1, 0.15) is 17.5 Å². The molecule has 0 saturated carbocycles. The van der Waals surface area contributed by atoms with Crippen LogP contribution in [-0.2, 0) is 19.6 Å². The summed E-state index contributed by atoms with van der Waals surface area (Å²) >= 11 is 0. The number of nitrogens with two attached hydrogens (primary N) is 1. The van der Waals surface area contributed by atoms with Gasteiger partial charge in [0.1, 0.15) is 17.1 Å². The van der Waals surface area contributed by atoms with Crippen molar-refractivity contribution in [1.29, 1.82) is 0 Å². The Bertz CT molecular complexity index is 1820. The summed E-state index contributed by atoms with van der Waals surface area (Å²) in [4.78, 5) is 34.6. The summed E-state index contributed by atoms with van der Waals surface area (Å²) in [6.07, 6.45) is 0.445. The molecule has 5 rings (SSSR count). The lowest BCUT2D eigenvalue weighted by Crippen LogP contribution is -2.43. The molecule has 218 valence electrons. The van der Waals surface area contributed by atoms with Gasteiger partial charge in [0.15, 0.2) is 5.82 Å². The number of nitrogens with zero attached hydrogens (tertiary/aromatic N) is 5. The number of para-hydroxylation sites is 1. The van der Waals surface area contributed by atoms with E-state index < -0.39 is 29.6 Å². The molecule has 3 aromatic carbocycles. The highest BCUT2D eigenvalue weighted by atomic mass is 19.3. The fourth-order valence-electron chi connectivity index (χ4n) is 4.48.